The van der Waals surface area contributed by atoms with E-state index in [2.05, 4.69) is 219 Å². The van der Waals surface area contributed by atoms with Crippen molar-refractivity contribution in [3.05, 3.63) is 271 Å². The largest absolute Gasteiger partial charge is 0.311 e. The Morgan fingerprint density at radius 1 is 0.352 bits per heavy atom. The molecule has 11 aromatic carbocycles. The molecule has 0 atom stereocenters. The fourth-order valence-electron chi connectivity index (χ4n) is 11.8. The molecule has 0 saturated heterocycles. The van der Waals surface area contributed by atoms with Crippen LogP contribution in [-0.2, 0) is 10.8 Å². The van der Waals surface area contributed by atoms with Crippen LogP contribution in [0.5, 0.6) is 0 Å². The average Bonchev–Trinajstić information content (AvgIpc) is 3.55. The number of hydrogen-bond acceptors (Lipinski definition) is 2. The number of rotatable bonds is 8. The fraction of sp³-hybridized carbons (Fsp3) is 0.0882. The van der Waals surface area contributed by atoms with Gasteiger partial charge in [-0.3, -0.25) is 0 Å². The molecule has 0 saturated carbocycles. The van der Waals surface area contributed by atoms with E-state index < -0.39 is 6.04 Å². The van der Waals surface area contributed by atoms with Gasteiger partial charge in [0.15, 0.2) is 0 Å². The lowest BCUT2D eigenvalue weighted by atomic mass is 9.33. The number of anilines is 6. The lowest BCUT2D eigenvalue weighted by Crippen LogP contribution is -2.61. The van der Waals surface area contributed by atoms with Gasteiger partial charge in [0.05, 0.1) is 6.85 Å². The highest BCUT2D eigenvalue weighted by Crippen LogP contribution is 2.50. The van der Waals surface area contributed by atoms with Crippen molar-refractivity contribution in [2.45, 2.75) is 38.5 Å². The Balaban J connectivity index is 1.16. The predicted octanol–water partition coefficient (Wildman–Crippen LogP) is 16.1. The monoisotopic (exact) mass is 913 g/mol. The van der Waals surface area contributed by atoms with Gasteiger partial charge in [0.25, 0.3) is 6.71 Å². The van der Waals surface area contributed by atoms with Crippen molar-refractivity contribution in [2.75, 3.05) is 9.80 Å². The Kier molecular flexibility index (Phi) is 8.79. The Labute approximate surface area is 425 Å². The highest BCUT2D eigenvalue weighted by Gasteiger charge is 2.45. The van der Waals surface area contributed by atoms with E-state index in [9.17, 15) is 2.74 Å². The topological polar surface area (TPSA) is 6.48 Å². The highest BCUT2D eigenvalue weighted by molar-refractivity contribution is 7.00. The van der Waals surface area contributed by atoms with Gasteiger partial charge >= 0.3 is 0 Å². The molecule has 2 nitrogen and oxygen atoms in total. The van der Waals surface area contributed by atoms with Gasteiger partial charge < -0.3 is 9.80 Å². The van der Waals surface area contributed by atoms with Crippen LogP contribution in [0.15, 0.2) is 249 Å². The Hall–Kier alpha value is -8.40. The smallest absolute Gasteiger partial charge is 0.252 e. The predicted molar refractivity (Wildman–Crippen MR) is 303 cm³/mol. The third-order valence-electron chi connectivity index (χ3n) is 15.5. The van der Waals surface area contributed by atoms with Gasteiger partial charge in [0.1, 0.15) is 0 Å². The van der Waals surface area contributed by atoms with Crippen LogP contribution in [0.1, 0.15) is 56.8 Å². The summed E-state index contributed by atoms with van der Waals surface area (Å²) in [5.74, 6) is 0. The molecular formula is C68H53BN2. The quantitative estimate of drug-likeness (QED) is 0.111. The third kappa shape index (κ3) is 6.78. The van der Waals surface area contributed by atoms with E-state index in [0.717, 1.165) is 66.8 Å². The molecule has 0 aromatic heterocycles. The maximum absolute atomic E-state index is 9.25. The average molecular weight is 914 g/mol. The molecule has 0 spiro atoms. The van der Waals surface area contributed by atoms with Crippen LogP contribution >= 0.6 is 0 Å². The van der Waals surface area contributed by atoms with Crippen LogP contribution in [0.3, 0.4) is 0 Å². The first-order chi connectivity index (χ1) is 36.8. The van der Waals surface area contributed by atoms with Gasteiger partial charge in [-0.25, -0.2) is 0 Å². The van der Waals surface area contributed by atoms with E-state index in [0.29, 0.717) is 5.56 Å². The van der Waals surface area contributed by atoms with E-state index in [1.807, 2.05) is 36.4 Å². The van der Waals surface area contributed by atoms with Crippen LogP contribution in [0.25, 0.3) is 43.8 Å². The lowest BCUT2D eigenvalue weighted by molar-refractivity contribution is 0.641. The van der Waals surface area contributed by atoms with Gasteiger partial charge in [-0.05, 0) is 131 Å². The van der Waals surface area contributed by atoms with Crippen molar-refractivity contribution >= 4 is 78.8 Å². The van der Waals surface area contributed by atoms with Crippen LogP contribution < -0.4 is 26.2 Å². The third-order valence-corrected chi connectivity index (χ3v) is 15.5. The summed E-state index contributed by atoms with van der Waals surface area (Å²) >= 11 is 0. The summed E-state index contributed by atoms with van der Waals surface area (Å²) in [6.07, 6.45) is 0. The summed E-state index contributed by atoms with van der Waals surface area (Å²) in [4.78, 5) is 4.93. The molecule has 71 heavy (non-hydrogen) atoms. The summed E-state index contributed by atoms with van der Waals surface area (Å²) in [6.45, 7) is 9.15. The number of benzene rings is 11. The molecule has 0 aliphatic carbocycles. The number of fused-ring (bicyclic) bond motifs is 6. The maximum atomic E-state index is 9.25. The molecule has 2 aliphatic heterocycles. The van der Waals surface area contributed by atoms with E-state index in [1.165, 1.54) is 38.6 Å². The Morgan fingerprint density at radius 3 is 1.13 bits per heavy atom. The molecule has 0 amide bonds. The van der Waals surface area contributed by atoms with Crippen molar-refractivity contribution in [2.24, 2.45) is 0 Å². The van der Waals surface area contributed by atoms with Gasteiger partial charge in [0.2, 0.25) is 0 Å². The number of hydrogen-bond donors (Lipinski definition) is 0. The summed E-state index contributed by atoms with van der Waals surface area (Å²) in [7, 11) is 0. The van der Waals surface area contributed by atoms with Crippen LogP contribution in [0.2, 0.25) is 0 Å². The lowest BCUT2D eigenvalue weighted by Gasteiger charge is -2.45. The van der Waals surface area contributed by atoms with Gasteiger partial charge in [-0.2, -0.15) is 0 Å². The molecule has 0 fully saturated rings. The maximum Gasteiger partial charge on any atom is 0.252 e. The molecule has 2 aliphatic rings. The fourth-order valence-corrected chi connectivity index (χ4v) is 11.8. The summed E-state index contributed by atoms with van der Waals surface area (Å²) in [5, 5.41) is 3.43. The summed E-state index contributed by atoms with van der Waals surface area (Å²) in [6, 6.07) is 76.9. The van der Waals surface area contributed by atoms with Crippen molar-refractivity contribution in [3.8, 4) is 22.3 Å². The molecule has 0 unspecified atom stereocenters. The van der Waals surface area contributed by atoms with Crippen molar-refractivity contribution in [3.63, 3.8) is 0 Å². The second kappa shape index (κ2) is 16.6. The standard InChI is InChI=1S/C68H53BN2/c1-67(2,48-26-12-6-13-27-48)50-38-40-60-58(44-50)69-59-45-51(68(3,4)49-28-14-7-15-29-49)39-41-61(59)71(53-32-18-9-19-33-53)63-43-47(42-62(66(63)69)70(60)52-30-16-8-17-31-52)65-56-36-22-20-34-54(56)64(46-24-10-5-11-25-46)55-35-21-23-37-57(55)65/h5-45H,1-4H3/i5D,10D,11D,24D,25D. The molecular weight excluding hydrogens is 856 g/mol. The Bertz CT molecular complexity index is 3870. The van der Waals surface area contributed by atoms with Gasteiger partial charge in [-0.15, -0.1) is 0 Å². The first-order valence-corrected chi connectivity index (χ1v) is 24.6. The minimum atomic E-state index is -0.410. The summed E-state index contributed by atoms with van der Waals surface area (Å²) in [5.41, 5.74) is 17.2. The molecule has 0 bridgehead atoms. The molecule has 13 rings (SSSR count). The first kappa shape index (κ1) is 37.5. The van der Waals surface area contributed by atoms with Crippen molar-refractivity contribution in [1.29, 1.82) is 0 Å². The normalized spacial score (nSPS) is 14.0. The first-order valence-electron chi connectivity index (χ1n) is 27.1. The second-order valence-corrected chi connectivity index (χ2v) is 20.1. The number of para-hydroxylation sites is 2. The molecule has 2 heterocycles. The molecule has 338 valence electrons. The van der Waals surface area contributed by atoms with Crippen LogP contribution in [-0.4, -0.2) is 6.71 Å². The zero-order chi connectivity index (χ0) is 52.2. The minimum absolute atomic E-state index is 0.179. The van der Waals surface area contributed by atoms with Crippen molar-refractivity contribution < 1.29 is 6.85 Å². The van der Waals surface area contributed by atoms with E-state index in [-0.39, 0.29) is 47.3 Å². The number of nitrogens with zero attached hydrogens (tertiary/aromatic N) is 2. The zero-order valence-corrected chi connectivity index (χ0v) is 40.3. The SMILES string of the molecule is [2H]c1c([2H])c([2H])c(-c2c3ccccc3c(-c3cc4c5c(c3)N(c3ccccc3)c3ccc(C(C)(C)c6ccccc6)cc3B5c3cc(C(C)(C)c5ccccc5)ccc3N4c3ccccc3)c3ccccc23)c([2H])c1[2H]. The molecule has 11 aromatic rings. The molecule has 0 radical (unpaired) electrons. The second-order valence-electron chi connectivity index (χ2n) is 20.1. The van der Waals surface area contributed by atoms with E-state index >= 15 is 0 Å². The molecule has 0 N–H and O–H groups in total. The summed E-state index contributed by atoms with van der Waals surface area (Å²) < 4.78 is 44.5. The minimum Gasteiger partial charge on any atom is -0.311 e. The van der Waals surface area contributed by atoms with Crippen LogP contribution in [0.4, 0.5) is 34.1 Å². The highest BCUT2D eigenvalue weighted by atomic mass is 15.2. The zero-order valence-electron chi connectivity index (χ0n) is 45.3. The van der Waals surface area contributed by atoms with E-state index in [4.69, 9.17) is 4.11 Å². The van der Waals surface area contributed by atoms with Crippen LogP contribution in [0, 0.1) is 0 Å². The molecule has 3 heteroatoms. The van der Waals surface area contributed by atoms with Gasteiger partial charge in [-0.1, -0.05) is 228 Å². The van der Waals surface area contributed by atoms with E-state index in [1.54, 1.807) is 0 Å². The Morgan fingerprint density at radius 2 is 0.718 bits per heavy atom. The van der Waals surface area contributed by atoms with Crippen molar-refractivity contribution in [1.82, 2.24) is 0 Å². The van der Waals surface area contributed by atoms with Gasteiger partial charge in [0, 0.05) is 45.0 Å².